The third-order valence-electron chi connectivity index (χ3n) is 3.58. The van der Waals surface area contributed by atoms with Gasteiger partial charge in [-0.3, -0.25) is 4.68 Å². The topological polar surface area (TPSA) is 94.1 Å². The SMILES string of the molecule is CCCCn1cc(CN(C)S(=O)(=O)c2ccc(CN)cc2)nn1. The number of nitrogens with zero attached hydrogens (tertiary/aromatic N) is 4. The summed E-state index contributed by atoms with van der Waals surface area (Å²) >= 11 is 0. The number of aryl methyl sites for hydroxylation is 1. The van der Waals surface area contributed by atoms with Crippen molar-refractivity contribution in [1.29, 1.82) is 0 Å². The maximum atomic E-state index is 12.6. The number of rotatable bonds is 8. The highest BCUT2D eigenvalue weighted by atomic mass is 32.2. The van der Waals surface area contributed by atoms with E-state index in [1.807, 2.05) is 0 Å². The zero-order valence-corrected chi connectivity index (χ0v) is 14.3. The van der Waals surface area contributed by atoms with Crippen molar-refractivity contribution in [2.45, 2.75) is 44.3 Å². The summed E-state index contributed by atoms with van der Waals surface area (Å²) in [5.41, 5.74) is 7.05. The van der Waals surface area contributed by atoms with E-state index in [4.69, 9.17) is 5.73 Å². The Morgan fingerprint density at radius 3 is 2.57 bits per heavy atom. The zero-order chi connectivity index (χ0) is 16.9. The van der Waals surface area contributed by atoms with Crippen LogP contribution in [0.3, 0.4) is 0 Å². The molecule has 0 aliphatic rings. The summed E-state index contributed by atoms with van der Waals surface area (Å²) in [7, 11) is -2.02. The Morgan fingerprint density at radius 2 is 1.96 bits per heavy atom. The van der Waals surface area contributed by atoms with Crippen molar-refractivity contribution < 1.29 is 8.42 Å². The van der Waals surface area contributed by atoms with Crippen LogP contribution in [-0.4, -0.2) is 34.8 Å². The molecule has 7 nitrogen and oxygen atoms in total. The van der Waals surface area contributed by atoms with Crippen LogP contribution in [0.2, 0.25) is 0 Å². The molecule has 2 aromatic rings. The van der Waals surface area contributed by atoms with Gasteiger partial charge in [-0.25, -0.2) is 8.42 Å². The van der Waals surface area contributed by atoms with Crippen LogP contribution in [0.25, 0.3) is 0 Å². The van der Waals surface area contributed by atoms with Crippen LogP contribution in [0.5, 0.6) is 0 Å². The van der Waals surface area contributed by atoms with E-state index in [1.54, 1.807) is 35.1 Å². The van der Waals surface area contributed by atoms with Crippen LogP contribution in [0, 0.1) is 0 Å². The molecule has 1 aromatic heterocycles. The van der Waals surface area contributed by atoms with Gasteiger partial charge < -0.3 is 5.73 Å². The highest BCUT2D eigenvalue weighted by Gasteiger charge is 2.21. The first-order valence-electron chi connectivity index (χ1n) is 7.61. The molecule has 0 saturated heterocycles. The van der Waals surface area contributed by atoms with Gasteiger partial charge in [0.2, 0.25) is 10.0 Å². The molecule has 2 rings (SSSR count). The molecule has 0 aliphatic carbocycles. The number of benzene rings is 1. The smallest absolute Gasteiger partial charge is 0.243 e. The third-order valence-corrected chi connectivity index (χ3v) is 5.40. The zero-order valence-electron chi connectivity index (χ0n) is 13.5. The Bertz CT molecular complexity index is 725. The molecule has 126 valence electrons. The number of hydrogen-bond donors (Lipinski definition) is 1. The second-order valence-corrected chi connectivity index (χ2v) is 7.48. The molecule has 0 spiro atoms. The summed E-state index contributed by atoms with van der Waals surface area (Å²) < 4.78 is 28.1. The molecule has 23 heavy (non-hydrogen) atoms. The van der Waals surface area contributed by atoms with Crippen LogP contribution in [0.1, 0.15) is 31.0 Å². The molecule has 1 aromatic carbocycles. The van der Waals surface area contributed by atoms with Gasteiger partial charge in [-0.05, 0) is 24.1 Å². The summed E-state index contributed by atoms with van der Waals surface area (Å²) in [5.74, 6) is 0. The van der Waals surface area contributed by atoms with Gasteiger partial charge in [0.25, 0.3) is 0 Å². The van der Waals surface area contributed by atoms with Gasteiger partial charge >= 0.3 is 0 Å². The number of unbranched alkanes of at least 4 members (excludes halogenated alkanes) is 1. The second-order valence-electron chi connectivity index (χ2n) is 5.44. The summed E-state index contributed by atoms with van der Waals surface area (Å²) in [6.07, 6.45) is 3.88. The van der Waals surface area contributed by atoms with Crippen LogP contribution in [-0.2, 0) is 29.7 Å². The summed E-state index contributed by atoms with van der Waals surface area (Å²) in [6, 6.07) is 6.60. The number of sulfonamides is 1. The minimum absolute atomic E-state index is 0.188. The Kier molecular flexibility index (Phi) is 5.86. The molecule has 8 heteroatoms. The van der Waals surface area contributed by atoms with Gasteiger partial charge in [-0.1, -0.05) is 30.7 Å². The fourth-order valence-electron chi connectivity index (χ4n) is 2.13. The predicted octanol–water partition coefficient (Wildman–Crippen LogP) is 1.36. The van der Waals surface area contributed by atoms with Crippen molar-refractivity contribution in [2.24, 2.45) is 5.73 Å². The standard InChI is InChI=1S/C15H23N5O2S/c1-3-4-9-20-12-14(17-18-20)11-19(2)23(21,22)15-7-5-13(10-16)6-8-15/h5-8,12H,3-4,9-11,16H2,1-2H3. The molecule has 0 saturated carbocycles. The van der Waals surface area contributed by atoms with E-state index in [2.05, 4.69) is 17.2 Å². The Labute approximate surface area is 137 Å². The van der Waals surface area contributed by atoms with Crippen molar-refractivity contribution in [3.63, 3.8) is 0 Å². The van der Waals surface area contributed by atoms with Crippen molar-refractivity contribution in [2.75, 3.05) is 7.05 Å². The molecule has 0 fully saturated rings. The molecule has 0 unspecified atom stereocenters. The number of nitrogens with two attached hydrogens (primary N) is 1. The van der Waals surface area contributed by atoms with Crippen LogP contribution in [0.15, 0.2) is 35.4 Å². The Morgan fingerprint density at radius 1 is 1.26 bits per heavy atom. The van der Waals surface area contributed by atoms with Crippen molar-refractivity contribution in [3.8, 4) is 0 Å². The van der Waals surface area contributed by atoms with E-state index in [1.165, 1.54) is 11.4 Å². The number of aromatic nitrogens is 3. The minimum Gasteiger partial charge on any atom is -0.326 e. The average molecular weight is 337 g/mol. The molecule has 2 N–H and O–H groups in total. The fraction of sp³-hybridized carbons (Fsp3) is 0.467. The predicted molar refractivity (Wildman–Crippen MR) is 87.9 cm³/mol. The minimum atomic E-state index is -3.55. The van der Waals surface area contributed by atoms with E-state index >= 15 is 0 Å². The van der Waals surface area contributed by atoms with Crippen LogP contribution >= 0.6 is 0 Å². The highest BCUT2D eigenvalue weighted by molar-refractivity contribution is 7.89. The quantitative estimate of drug-likeness (QED) is 0.785. The first kappa shape index (κ1) is 17.6. The van der Waals surface area contributed by atoms with Crippen LogP contribution < -0.4 is 5.73 Å². The third kappa shape index (κ3) is 4.37. The van der Waals surface area contributed by atoms with E-state index in [0.29, 0.717) is 12.2 Å². The molecule has 0 amide bonds. The Hall–Kier alpha value is -1.77. The van der Waals surface area contributed by atoms with Crippen molar-refractivity contribution >= 4 is 10.0 Å². The monoisotopic (exact) mass is 337 g/mol. The van der Waals surface area contributed by atoms with E-state index in [0.717, 1.165) is 24.9 Å². The lowest BCUT2D eigenvalue weighted by atomic mass is 10.2. The molecule has 0 bridgehead atoms. The molecular weight excluding hydrogens is 314 g/mol. The van der Waals surface area contributed by atoms with Gasteiger partial charge in [0.1, 0.15) is 0 Å². The molecule has 0 radical (unpaired) electrons. The van der Waals surface area contributed by atoms with Crippen LogP contribution in [0.4, 0.5) is 0 Å². The largest absolute Gasteiger partial charge is 0.326 e. The summed E-state index contributed by atoms with van der Waals surface area (Å²) in [5, 5.41) is 8.05. The molecule has 0 aliphatic heterocycles. The first-order chi connectivity index (χ1) is 11.0. The van der Waals surface area contributed by atoms with E-state index in [-0.39, 0.29) is 11.4 Å². The second kappa shape index (κ2) is 7.67. The molecule has 1 heterocycles. The highest BCUT2D eigenvalue weighted by Crippen LogP contribution is 2.16. The van der Waals surface area contributed by atoms with Crippen molar-refractivity contribution in [3.05, 3.63) is 41.7 Å². The maximum absolute atomic E-state index is 12.6. The lowest BCUT2D eigenvalue weighted by Crippen LogP contribution is -2.26. The van der Waals surface area contributed by atoms with Gasteiger partial charge in [0.05, 0.1) is 17.1 Å². The van der Waals surface area contributed by atoms with Gasteiger partial charge in [-0.2, -0.15) is 4.31 Å². The summed E-state index contributed by atoms with van der Waals surface area (Å²) in [4.78, 5) is 0.246. The molecule has 0 atom stereocenters. The van der Waals surface area contributed by atoms with Crippen molar-refractivity contribution in [1.82, 2.24) is 19.3 Å². The normalized spacial score (nSPS) is 12.0. The first-order valence-corrected chi connectivity index (χ1v) is 9.05. The lowest BCUT2D eigenvalue weighted by molar-refractivity contribution is 0.462. The van der Waals surface area contributed by atoms with Gasteiger partial charge in [-0.15, -0.1) is 5.10 Å². The van der Waals surface area contributed by atoms with Gasteiger partial charge in [0, 0.05) is 26.3 Å². The van der Waals surface area contributed by atoms with E-state index < -0.39 is 10.0 Å². The van der Waals surface area contributed by atoms with Gasteiger partial charge in [0.15, 0.2) is 0 Å². The Balaban J connectivity index is 2.08. The fourth-order valence-corrected chi connectivity index (χ4v) is 3.27. The average Bonchev–Trinajstić information content (AvgIpc) is 3.00. The number of hydrogen-bond acceptors (Lipinski definition) is 5. The van der Waals surface area contributed by atoms with E-state index in [9.17, 15) is 8.42 Å². The summed E-state index contributed by atoms with van der Waals surface area (Å²) in [6.45, 7) is 3.47. The molecular formula is C15H23N5O2S. The lowest BCUT2D eigenvalue weighted by Gasteiger charge is -2.16. The maximum Gasteiger partial charge on any atom is 0.243 e.